The van der Waals surface area contributed by atoms with Crippen molar-refractivity contribution in [3.63, 3.8) is 0 Å². The first-order valence-electron chi connectivity index (χ1n) is 2.80. The van der Waals surface area contributed by atoms with Crippen molar-refractivity contribution in [3.8, 4) is 5.75 Å². The molecule has 52 valence electrons. The van der Waals surface area contributed by atoms with Crippen LogP contribution in [0.2, 0.25) is 0 Å². The average Bonchev–Trinajstić information content (AvgIpc) is 1.94. The van der Waals surface area contributed by atoms with Crippen molar-refractivity contribution in [2.45, 2.75) is 0 Å². The largest absolute Gasteiger partial charge is 0.507 e. The molecule has 0 amide bonds. The Morgan fingerprint density at radius 3 is 2.60 bits per heavy atom. The highest BCUT2D eigenvalue weighted by Gasteiger charge is 1.92. The number of hydrogen-bond acceptors (Lipinski definition) is 3. The third-order valence-electron chi connectivity index (χ3n) is 1.13. The molecule has 0 unspecified atom stereocenters. The van der Waals surface area contributed by atoms with Crippen molar-refractivity contribution in [1.82, 2.24) is 0 Å². The van der Waals surface area contributed by atoms with Gasteiger partial charge in [-0.1, -0.05) is 17.3 Å². The van der Waals surface area contributed by atoms with Gasteiger partial charge in [0.25, 0.3) is 0 Å². The Hall–Kier alpha value is -1.51. The van der Waals surface area contributed by atoms with Crippen molar-refractivity contribution >= 4 is 6.21 Å². The summed E-state index contributed by atoms with van der Waals surface area (Å²) in [7, 11) is 0. The molecule has 0 aliphatic carbocycles. The topological polar surface area (TPSA) is 52.8 Å². The second-order valence-electron chi connectivity index (χ2n) is 1.80. The standard InChI is InChI=1S/C7H7NO2/c9-7-4-2-1-3-6(7)5-8-10/h1-5,9-10H/b8-5-. The van der Waals surface area contributed by atoms with Gasteiger partial charge in [-0.05, 0) is 12.1 Å². The van der Waals surface area contributed by atoms with E-state index in [0.29, 0.717) is 5.56 Å². The summed E-state index contributed by atoms with van der Waals surface area (Å²) in [6, 6.07) is 6.62. The monoisotopic (exact) mass is 137 g/mol. The van der Waals surface area contributed by atoms with Crippen LogP contribution in [0.15, 0.2) is 29.4 Å². The van der Waals surface area contributed by atoms with Gasteiger partial charge in [0.2, 0.25) is 0 Å². The van der Waals surface area contributed by atoms with Crippen molar-refractivity contribution in [3.05, 3.63) is 29.8 Å². The lowest BCUT2D eigenvalue weighted by molar-refractivity contribution is 0.321. The molecule has 0 aromatic heterocycles. The maximum atomic E-state index is 9.04. The Kier molecular flexibility index (Phi) is 1.89. The van der Waals surface area contributed by atoms with E-state index in [0.717, 1.165) is 0 Å². The molecule has 1 aromatic carbocycles. The Bertz CT molecular complexity index is 245. The van der Waals surface area contributed by atoms with Crippen molar-refractivity contribution in [2.75, 3.05) is 0 Å². The number of para-hydroxylation sites is 1. The zero-order valence-corrected chi connectivity index (χ0v) is 5.23. The predicted octanol–water partition coefficient (Wildman–Crippen LogP) is 1.20. The lowest BCUT2D eigenvalue weighted by Gasteiger charge is -1.93. The molecule has 0 atom stereocenters. The van der Waals surface area contributed by atoms with Crippen molar-refractivity contribution in [1.29, 1.82) is 0 Å². The Morgan fingerprint density at radius 1 is 1.30 bits per heavy atom. The molecule has 0 saturated carbocycles. The van der Waals surface area contributed by atoms with Gasteiger partial charge < -0.3 is 10.3 Å². The Balaban J connectivity index is 3.03. The number of nitrogens with zero attached hydrogens (tertiary/aromatic N) is 1. The molecule has 1 rings (SSSR count). The molecule has 0 fully saturated rings. The van der Waals surface area contributed by atoms with Gasteiger partial charge >= 0.3 is 0 Å². The van der Waals surface area contributed by atoms with E-state index in [1.54, 1.807) is 18.2 Å². The summed E-state index contributed by atoms with van der Waals surface area (Å²) in [6.07, 6.45) is 1.18. The third kappa shape index (κ3) is 1.25. The van der Waals surface area contributed by atoms with Crippen LogP contribution in [-0.2, 0) is 0 Å². The van der Waals surface area contributed by atoms with Gasteiger partial charge in [0.1, 0.15) is 5.75 Å². The zero-order chi connectivity index (χ0) is 7.40. The molecule has 3 nitrogen and oxygen atoms in total. The third-order valence-corrected chi connectivity index (χ3v) is 1.13. The van der Waals surface area contributed by atoms with Gasteiger partial charge in [-0.2, -0.15) is 0 Å². The molecule has 0 aliphatic rings. The average molecular weight is 137 g/mol. The number of oxime groups is 1. The van der Waals surface area contributed by atoms with E-state index in [-0.39, 0.29) is 5.75 Å². The number of aromatic hydroxyl groups is 1. The van der Waals surface area contributed by atoms with Gasteiger partial charge in [0, 0.05) is 5.56 Å². The van der Waals surface area contributed by atoms with Crippen LogP contribution in [0.4, 0.5) is 0 Å². The van der Waals surface area contributed by atoms with Crippen molar-refractivity contribution in [2.24, 2.45) is 5.16 Å². The predicted molar refractivity (Wildman–Crippen MR) is 37.5 cm³/mol. The van der Waals surface area contributed by atoms with Crippen LogP contribution in [0, 0.1) is 0 Å². The Morgan fingerprint density at radius 2 is 2.00 bits per heavy atom. The molecule has 0 aliphatic heterocycles. The number of benzene rings is 1. The maximum absolute atomic E-state index is 9.04. The number of phenolic OH excluding ortho intramolecular Hbond substituents is 1. The Labute approximate surface area is 58.2 Å². The minimum Gasteiger partial charge on any atom is -0.507 e. The summed E-state index contributed by atoms with van der Waals surface area (Å²) in [5, 5.41) is 19.9. The summed E-state index contributed by atoms with van der Waals surface area (Å²) < 4.78 is 0. The number of hydrogen-bond donors (Lipinski definition) is 2. The highest BCUT2D eigenvalue weighted by atomic mass is 16.4. The molecule has 3 heteroatoms. The number of rotatable bonds is 1. The van der Waals surface area contributed by atoms with Gasteiger partial charge in [-0.15, -0.1) is 0 Å². The van der Waals surface area contributed by atoms with E-state index in [1.807, 2.05) is 0 Å². The second kappa shape index (κ2) is 2.87. The second-order valence-corrected chi connectivity index (χ2v) is 1.80. The minimum absolute atomic E-state index is 0.111. The summed E-state index contributed by atoms with van der Waals surface area (Å²) in [4.78, 5) is 0. The molecule has 10 heavy (non-hydrogen) atoms. The van der Waals surface area contributed by atoms with Gasteiger partial charge in [-0.25, -0.2) is 0 Å². The van der Waals surface area contributed by atoms with Crippen LogP contribution in [0.3, 0.4) is 0 Å². The lowest BCUT2D eigenvalue weighted by atomic mass is 10.2. The summed E-state index contributed by atoms with van der Waals surface area (Å²) >= 11 is 0. The number of phenols is 1. The molecular formula is C7H7NO2. The van der Waals surface area contributed by atoms with Crippen LogP contribution in [-0.4, -0.2) is 16.5 Å². The fraction of sp³-hybridized carbons (Fsp3) is 0. The normalized spacial score (nSPS) is 10.4. The molecular weight excluding hydrogens is 130 g/mol. The van der Waals surface area contributed by atoms with Gasteiger partial charge in [0.15, 0.2) is 0 Å². The van der Waals surface area contributed by atoms with E-state index >= 15 is 0 Å². The maximum Gasteiger partial charge on any atom is 0.124 e. The summed E-state index contributed by atoms with van der Waals surface area (Å²) in [5.74, 6) is 0.111. The van der Waals surface area contributed by atoms with E-state index in [2.05, 4.69) is 5.16 Å². The lowest BCUT2D eigenvalue weighted by Crippen LogP contribution is -1.79. The minimum atomic E-state index is 0.111. The van der Waals surface area contributed by atoms with Crippen LogP contribution in [0.1, 0.15) is 5.56 Å². The molecule has 0 spiro atoms. The molecule has 0 heterocycles. The smallest absolute Gasteiger partial charge is 0.124 e. The molecule has 0 saturated heterocycles. The first-order valence-corrected chi connectivity index (χ1v) is 2.80. The molecule has 1 aromatic rings. The quantitative estimate of drug-likeness (QED) is 0.347. The first kappa shape index (κ1) is 6.61. The molecule has 0 radical (unpaired) electrons. The van der Waals surface area contributed by atoms with Gasteiger partial charge in [-0.3, -0.25) is 0 Å². The van der Waals surface area contributed by atoms with Crippen LogP contribution < -0.4 is 0 Å². The fourth-order valence-corrected chi connectivity index (χ4v) is 0.659. The highest BCUT2D eigenvalue weighted by molar-refractivity contribution is 5.82. The van der Waals surface area contributed by atoms with E-state index < -0.39 is 0 Å². The van der Waals surface area contributed by atoms with Crippen molar-refractivity contribution < 1.29 is 10.3 Å². The molecule has 2 N–H and O–H groups in total. The van der Waals surface area contributed by atoms with Crippen LogP contribution in [0.5, 0.6) is 5.75 Å². The summed E-state index contributed by atoms with van der Waals surface area (Å²) in [6.45, 7) is 0. The van der Waals surface area contributed by atoms with Gasteiger partial charge in [0.05, 0.1) is 6.21 Å². The van der Waals surface area contributed by atoms with E-state index in [4.69, 9.17) is 10.3 Å². The summed E-state index contributed by atoms with van der Waals surface area (Å²) in [5.41, 5.74) is 0.505. The van der Waals surface area contributed by atoms with Crippen LogP contribution in [0.25, 0.3) is 0 Å². The SMILES string of the molecule is O/N=C\c1ccccc1O. The fourth-order valence-electron chi connectivity index (χ4n) is 0.659. The van der Waals surface area contributed by atoms with E-state index in [9.17, 15) is 0 Å². The van der Waals surface area contributed by atoms with E-state index in [1.165, 1.54) is 12.3 Å². The zero-order valence-electron chi connectivity index (χ0n) is 5.23. The first-order chi connectivity index (χ1) is 4.84. The van der Waals surface area contributed by atoms with Crippen LogP contribution >= 0.6 is 0 Å². The molecule has 0 bridgehead atoms. The highest BCUT2D eigenvalue weighted by Crippen LogP contribution is 2.12.